The van der Waals surface area contributed by atoms with Crippen molar-refractivity contribution in [3.63, 3.8) is 0 Å². The molecule has 32 heavy (non-hydrogen) atoms. The molecule has 0 aliphatic rings. The number of halogens is 1. The van der Waals surface area contributed by atoms with Crippen LogP contribution in [0.15, 0.2) is 73.4 Å². The number of aryl methyl sites for hydroxylation is 1. The SMILES string of the molecule is CCCCc1nc2ccc(Br)cc2c(=O)n1N=Cc1ccc(-c2ccccc2C(=O)O)o1. The zero-order valence-corrected chi connectivity index (χ0v) is 18.9. The number of rotatable bonds is 7. The highest BCUT2D eigenvalue weighted by atomic mass is 79.9. The van der Waals surface area contributed by atoms with Gasteiger partial charge in [0.15, 0.2) is 0 Å². The third-order valence-corrected chi connectivity index (χ3v) is 5.47. The molecule has 8 heteroatoms. The van der Waals surface area contributed by atoms with Gasteiger partial charge in [-0.2, -0.15) is 9.78 Å². The van der Waals surface area contributed by atoms with E-state index in [1.54, 1.807) is 36.4 Å². The van der Waals surface area contributed by atoms with Crippen molar-refractivity contribution in [3.8, 4) is 11.3 Å². The van der Waals surface area contributed by atoms with Crippen LogP contribution in [0.2, 0.25) is 0 Å². The molecule has 0 atom stereocenters. The van der Waals surface area contributed by atoms with E-state index in [1.807, 2.05) is 12.1 Å². The second kappa shape index (κ2) is 9.32. The number of carboxylic acids is 1. The lowest BCUT2D eigenvalue weighted by molar-refractivity contribution is 0.0697. The molecule has 0 saturated heterocycles. The predicted octanol–water partition coefficient (Wildman–Crippen LogP) is 5.34. The van der Waals surface area contributed by atoms with Crippen LogP contribution in [-0.4, -0.2) is 27.0 Å². The molecule has 0 fully saturated rings. The van der Waals surface area contributed by atoms with Crippen LogP contribution in [0.1, 0.15) is 41.7 Å². The zero-order chi connectivity index (χ0) is 22.7. The molecule has 0 bridgehead atoms. The van der Waals surface area contributed by atoms with Gasteiger partial charge in [-0.3, -0.25) is 4.79 Å². The van der Waals surface area contributed by atoms with Gasteiger partial charge in [-0.1, -0.05) is 47.5 Å². The number of carboxylic acid groups (broad SMARTS) is 1. The Balaban J connectivity index is 1.74. The monoisotopic (exact) mass is 493 g/mol. The molecule has 0 aliphatic heterocycles. The summed E-state index contributed by atoms with van der Waals surface area (Å²) in [5.74, 6) is 0.338. The van der Waals surface area contributed by atoms with E-state index in [4.69, 9.17) is 4.42 Å². The van der Waals surface area contributed by atoms with Gasteiger partial charge in [0.05, 0.1) is 22.7 Å². The number of hydrogen-bond acceptors (Lipinski definition) is 5. The number of aromatic nitrogens is 2. The number of fused-ring (bicyclic) bond motifs is 1. The van der Waals surface area contributed by atoms with Crippen LogP contribution in [0.25, 0.3) is 22.2 Å². The average Bonchev–Trinajstić information content (AvgIpc) is 3.26. The van der Waals surface area contributed by atoms with Gasteiger partial charge in [-0.15, -0.1) is 0 Å². The molecule has 0 unspecified atom stereocenters. The molecule has 1 N–H and O–H groups in total. The molecule has 0 saturated carbocycles. The van der Waals surface area contributed by atoms with Gasteiger partial charge in [0.1, 0.15) is 17.3 Å². The molecule has 0 amide bonds. The van der Waals surface area contributed by atoms with E-state index in [1.165, 1.54) is 17.0 Å². The number of furan rings is 1. The topological polar surface area (TPSA) is 97.7 Å². The Bertz CT molecular complexity index is 1390. The number of hydrogen-bond donors (Lipinski definition) is 1. The van der Waals surface area contributed by atoms with Gasteiger partial charge >= 0.3 is 5.97 Å². The minimum absolute atomic E-state index is 0.146. The van der Waals surface area contributed by atoms with Crippen LogP contribution in [0.3, 0.4) is 0 Å². The maximum Gasteiger partial charge on any atom is 0.336 e. The van der Waals surface area contributed by atoms with Gasteiger partial charge in [0.2, 0.25) is 0 Å². The Hall–Kier alpha value is -3.52. The highest BCUT2D eigenvalue weighted by molar-refractivity contribution is 9.10. The summed E-state index contributed by atoms with van der Waals surface area (Å²) in [5, 5.41) is 14.2. The van der Waals surface area contributed by atoms with Gasteiger partial charge in [0.25, 0.3) is 5.56 Å². The third kappa shape index (κ3) is 4.40. The van der Waals surface area contributed by atoms with Crippen molar-refractivity contribution in [2.75, 3.05) is 0 Å². The summed E-state index contributed by atoms with van der Waals surface area (Å²) in [6, 6.07) is 15.4. The molecule has 0 spiro atoms. The first-order valence-electron chi connectivity index (χ1n) is 10.2. The molecule has 4 rings (SSSR count). The van der Waals surface area contributed by atoms with Crippen molar-refractivity contribution in [2.45, 2.75) is 26.2 Å². The largest absolute Gasteiger partial charge is 0.478 e. The second-order valence-electron chi connectivity index (χ2n) is 7.21. The fourth-order valence-electron chi connectivity index (χ4n) is 3.38. The van der Waals surface area contributed by atoms with Gasteiger partial charge in [0, 0.05) is 16.5 Å². The van der Waals surface area contributed by atoms with Gasteiger partial charge in [-0.05, 0) is 42.8 Å². The highest BCUT2D eigenvalue weighted by Gasteiger charge is 2.14. The molecule has 2 heterocycles. The minimum Gasteiger partial charge on any atom is -0.478 e. The lowest BCUT2D eigenvalue weighted by Crippen LogP contribution is -2.22. The first-order valence-corrected chi connectivity index (χ1v) is 11.0. The van der Waals surface area contributed by atoms with Crippen molar-refractivity contribution in [2.24, 2.45) is 5.10 Å². The van der Waals surface area contributed by atoms with Crippen LogP contribution >= 0.6 is 15.9 Å². The quantitative estimate of drug-likeness (QED) is 0.350. The van der Waals surface area contributed by atoms with Crippen molar-refractivity contribution in [1.82, 2.24) is 9.66 Å². The molecule has 4 aromatic rings. The molecule has 0 radical (unpaired) electrons. The van der Waals surface area contributed by atoms with Crippen molar-refractivity contribution < 1.29 is 14.3 Å². The molecule has 2 aromatic carbocycles. The van der Waals surface area contributed by atoms with Crippen molar-refractivity contribution in [1.29, 1.82) is 0 Å². The van der Waals surface area contributed by atoms with E-state index in [2.05, 4.69) is 32.9 Å². The Morgan fingerprint density at radius 3 is 2.81 bits per heavy atom. The van der Waals surface area contributed by atoms with Crippen LogP contribution in [-0.2, 0) is 6.42 Å². The first kappa shape index (κ1) is 21.7. The van der Waals surface area contributed by atoms with Gasteiger partial charge < -0.3 is 9.52 Å². The maximum absolute atomic E-state index is 13.1. The van der Waals surface area contributed by atoms with E-state index in [0.717, 1.165) is 17.3 Å². The summed E-state index contributed by atoms with van der Waals surface area (Å²) in [4.78, 5) is 29.3. The predicted molar refractivity (Wildman–Crippen MR) is 126 cm³/mol. The van der Waals surface area contributed by atoms with Crippen LogP contribution in [0.4, 0.5) is 0 Å². The highest BCUT2D eigenvalue weighted by Crippen LogP contribution is 2.25. The summed E-state index contributed by atoms with van der Waals surface area (Å²) < 4.78 is 7.88. The van der Waals surface area contributed by atoms with E-state index in [0.29, 0.717) is 40.2 Å². The van der Waals surface area contributed by atoms with Crippen LogP contribution in [0, 0.1) is 0 Å². The van der Waals surface area contributed by atoms with Crippen molar-refractivity contribution in [3.05, 3.63) is 86.6 Å². The number of nitrogens with zero attached hydrogens (tertiary/aromatic N) is 3. The van der Waals surface area contributed by atoms with Gasteiger partial charge in [-0.25, -0.2) is 9.78 Å². The normalized spacial score (nSPS) is 11.4. The van der Waals surface area contributed by atoms with E-state index < -0.39 is 5.97 Å². The number of aromatic carboxylic acids is 1. The first-order chi connectivity index (χ1) is 15.5. The Kier molecular flexibility index (Phi) is 6.32. The van der Waals surface area contributed by atoms with Crippen molar-refractivity contribution >= 4 is 39.0 Å². The van der Waals surface area contributed by atoms with E-state index in [9.17, 15) is 14.7 Å². The van der Waals surface area contributed by atoms with E-state index in [-0.39, 0.29) is 11.1 Å². The third-order valence-electron chi connectivity index (χ3n) is 4.98. The summed E-state index contributed by atoms with van der Waals surface area (Å²) >= 11 is 3.40. The lowest BCUT2D eigenvalue weighted by Gasteiger charge is -2.09. The summed E-state index contributed by atoms with van der Waals surface area (Å²) in [6.45, 7) is 2.07. The second-order valence-corrected chi connectivity index (χ2v) is 8.12. The minimum atomic E-state index is -1.03. The fourth-order valence-corrected chi connectivity index (χ4v) is 3.74. The number of unbranched alkanes of at least 4 members (excludes halogenated alkanes) is 1. The molecule has 0 aliphatic carbocycles. The molecular weight excluding hydrogens is 474 g/mol. The molecule has 2 aromatic heterocycles. The zero-order valence-electron chi connectivity index (χ0n) is 17.3. The standard InChI is InChI=1S/C24H20BrN3O4/c1-2-3-8-22-27-20-11-9-15(25)13-19(20)23(29)28(22)26-14-16-10-12-21(32-16)17-6-4-5-7-18(17)24(30)31/h4-7,9-14H,2-3,8H2,1H3,(H,30,31). The summed E-state index contributed by atoms with van der Waals surface area (Å²) in [7, 11) is 0. The number of benzene rings is 2. The smallest absolute Gasteiger partial charge is 0.336 e. The molecule has 7 nitrogen and oxygen atoms in total. The Labute approximate surface area is 192 Å². The molecular formula is C24H20BrN3O4. The van der Waals surface area contributed by atoms with Crippen LogP contribution in [0.5, 0.6) is 0 Å². The fraction of sp³-hybridized carbons (Fsp3) is 0.167. The maximum atomic E-state index is 13.1. The Morgan fingerprint density at radius 2 is 2.03 bits per heavy atom. The average molecular weight is 494 g/mol. The van der Waals surface area contributed by atoms with E-state index >= 15 is 0 Å². The number of carbonyl (C=O) groups is 1. The molecule has 162 valence electrons. The lowest BCUT2D eigenvalue weighted by atomic mass is 10.1. The van der Waals surface area contributed by atoms with Crippen LogP contribution < -0.4 is 5.56 Å². The summed E-state index contributed by atoms with van der Waals surface area (Å²) in [5.41, 5.74) is 0.980. The summed E-state index contributed by atoms with van der Waals surface area (Å²) in [6.07, 6.45) is 3.89. The Morgan fingerprint density at radius 1 is 1.22 bits per heavy atom.